The summed E-state index contributed by atoms with van der Waals surface area (Å²) in [5.41, 5.74) is 22.6. The van der Waals surface area contributed by atoms with Crippen LogP contribution >= 0.6 is 897 Å². The molecule has 8 aromatic carbocycles. The van der Waals surface area contributed by atoms with E-state index >= 15 is 0 Å². The van der Waals surface area contributed by atoms with Crippen LogP contribution in [0.25, 0.3) is 44.5 Å². The van der Waals surface area contributed by atoms with Crippen molar-refractivity contribution in [1.82, 2.24) is 0 Å². The van der Waals surface area contributed by atoms with Crippen LogP contribution in [-0.2, 0) is 208 Å². The molecule has 855 valence electrons. The van der Waals surface area contributed by atoms with Crippen molar-refractivity contribution in [1.29, 1.82) is 5.26 Å². The Kier molecular flexibility index (Phi) is 385. The normalized spacial score (nSPS) is 7.57. The molecular weight excluding hydrogens is 8010 g/mol. The van der Waals surface area contributed by atoms with Crippen molar-refractivity contribution in [2.24, 2.45) is 0 Å². The molecule has 0 aliphatic rings. The van der Waals surface area contributed by atoms with Gasteiger partial charge in [-0.1, -0.05) is 114 Å². The molecule has 0 aliphatic heterocycles. The number of aryl methyl sites for hydroxylation is 3. The second kappa shape index (κ2) is 237. The molecule has 0 heterocycles. The van der Waals surface area contributed by atoms with Crippen molar-refractivity contribution in [3.63, 3.8) is 0 Å². The van der Waals surface area contributed by atoms with Crippen LogP contribution in [0.3, 0.4) is 0 Å². The molecular formula is C70H88BCl2I44N5NaO3Sn2V22. The van der Waals surface area contributed by atoms with Crippen LogP contribution in [-0.4, -0.2) is 90.5 Å². The third-order valence-corrected chi connectivity index (χ3v) is 29.4. The van der Waals surface area contributed by atoms with E-state index in [4.69, 9.17) is 40.5 Å². The summed E-state index contributed by atoms with van der Waals surface area (Å²) in [4.78, 5) is 14.4. The predicted octanol–water partition coefficient (Wildman–Crippen LogP) is 54.7. The molecule has 0 amide bonds. The molecule has 0 aliphatic carbocycles. The molecule has 8 nitrogen and oxygen atoms in total. The second-order valence-electron chi connectivity index (χ2n) is 21.9. The summed E-state index contributed by atoms with van der Waals surface area (Å²) in [7, 11) is 32.0. The minimum atomic E-state index is -2.29. The third kappa shape index (κ3) is 230. The van der Waals surface area contributed by atoms with E-state index in [1.165, 1.54) is 112 Å². The van der Waals surface area contributed by atoms with Crippen molar-refractivity contribution in [3.05, 3.63) is 228 Å². The van der Waals surface area contributed by atoms with Gasteiger partial charge in [-0.25, -0.2) is 0 Å². The van der Waals surface area contributed by atoms with Gasteiger partial charge in [0, 0.05) is 52.6 Å². The Hall–Kier alpha value is 40.2. The summed E-state index contributed by atoms with van der Waals surface area (Å²) in [5, 5.41) is 24.3. The van der Waals surface area contributed by atoms with Crippen molar-refractivity contribution >= 4 is 969 Å². The Morgan fingerprint density at radius 2 is 0.420 bits per heavy atom. The van der Waals surface area contributed by atoms with E-state index in [0.717, 1.165) is 16.8 Å². The molecule has 3 N–H and O–H groups in total. The second-order valence-corrected chi connectivity index (χ2v) is 299. The summed E-state index contributed by atoms with van der Waals surface area (Å²) < 4.78 is 6.41. The van der Waals surface area contributed by atoms with Gasteiger partial charge in [-0.05, 0) is 97.5 Å². The Bertz CT molecular complexity index is 3410. The van der Waals surface area contributed by atoms with Crippen LogP contribution in [0.5, 0.6) is 0 Å². The van der Waals surface area contributed by atoms with Crippen molar-refractivity contribution in [2.45, 2.75) is 100 Å². The molecule has 0 unspecified atom stereocenters. The molecule has 0 saturated heterocycles. The number of aliphatic hydroxyl groups excluding tert-OH is 1. The molecule has 0 aromatic heterocycles. The van der Waals surface area contributed by atoms with Crippen LogP contribution < -0.4 is 48.7 Å². The van der Waals surface area contributed by atoms with Crippen molar-refractivity contribution < 1.29 is 248 Å². The van der Waals surface area contributed by atoms with Gasteiger partial charge in [-0.15, -0.1) is 0 Å². The van der Waals surface area contributed by atoms with Crippen molar-refractivity contribution in [2.75, 3.05) is 50.3 Å². The Labute approximate surface area is 1590 Å². The summed E-state index contributed by atoms with van der Waals surface area (Å²) in [6, 6.07) is 67.1. The fourth-order valence-corrected chi connectivity index (χ4v) is 24.9. The smallest absolute Gasteiger partial charge is 1.00 e. The van der Waals surface area contributed by atoms with Crippen LogP contribution in [0, 0.1) is 42.7 Å². The number of halogens is 46. The molecule has 8 aromatic rings. The summed E-state index contributed by atoms with van der Waals surface area (Å²) in [6.45, 7) is 20.0. The number of rotatable bonds is 17. The Balaban J connectivity index is -0.0000000565. The zero-order valence-electron chi connectivity index (χ0n) is 78.5. The van der Waals surface area contributed by atoms with Gasteiger partial charge in [0.25, 0.3) is 5.69 Å². The minimum absolute atomic E-state index is 0. The maximum atomic E-state index is 10.5. The largest absolute Gasteiger partial charge is 1.00 e. The zero-order valence-corrected chi connectivity index (χ0v) is 213. The first kappa shape index (κ1) is 244. The average Bonchev–Trinajstić information content (AvgIpc) is 0.799. The number of hydrogen-bond donors (Lipinski definition) is 2. The van der Waals surface area contributed by atoms with E-state index < -0.39 is 37.3 Å². The number of non-ortho nitro benzene ring substituents is 1. The van der Waals surface area contributed by atoms with Gasteiger partial charge in [-0.2, -0.15) is 0 Å². The Morgan fingerprint density at radius 3 is 0.547 bits per heavy atom. The standard InChI is InChI=1S/C15H17N.C14H14N.C13H11NO2.C13H13N.3C4H9.C2H6O.CN.B.2ClH.44HI.Na.2Sn.22V/c1-12-4-6-13(7-5-12)14-8-10-15(11-9-14)16(2)3;1-15(2)14-10-8-13(9-11-14)12-6-4-3-5-7-12;1-10-2-4-11(5-3-10)12-6-8-13(9-7-12)14(15)16;1-10-2-4-11(5-3-10)12-6-8-13(14)9-7-12;3*1-3-4-2;1-2-3;1-2;;;;;;;;;;;;;;;;;;;;;;;;;;;;;;;;;;;;;;;;;;;;;;;;;;;;;;;;;;;;;;;;;;;;;;;;/h4-11H,1-3H3;4-11H,1-2H3;2-9H,1H3;2-9H,14H2,1H3;3*1,3-4H2,2H3;3H,2H2,1H3;;;46*1H;;;;;;;;;;;;;;;;;;;;;;;;;/q;;;;;;;;-1;;;;;;;;;;;;;;;;;;;;;;;;;;;;;;;;;;;;;;;;;;;;;;;;+1;;23*+2/p-46. The molecule has 150 heavy (non-hydrogen) atoms. The summed E-state index contributed by atoms with van der Waals surface area (Å²) in [6.07, 6.45) is 8.31. The number of nitrogens with two attached hydrogens (primary N) is 1. The number of hydrogen-bond acceptors (Lipinski definition) is 7. The quantitative estimate of drug-likeness (QED) is 0.0233. The molecule has 0 fully saturated rings. The van der Waals surface area contributed by atoms with Crippen LogP contribution in [0.4, 0.5) is 22.7 Å². The number of anilines is 3. The average molecular weight is 8090 g/mol. The topological polar surface area (TPSA) is 120 Å². The fraction of sp³-hybridized carbons (Fsp3) is 0.300. The van der Waals surface area contributed by atoms with E-state index in [0.29, 0.717) is 208 Å². The van der Waals surface area contributed by atoms with E-state index in [1.54, 1.807) is 35.9 Å². The van der Waals surface area contributed by atoms with Gasteiger partial charge in [0.15, 0.2) is 0 Å². The van der Waals surface area contributed by atoms with Gasteiger partial charge in [-0.3, -0.25) is 10.1 Å². The molecule has 0 saturated carbocycles. The summed E-state index contributed by atoms with van der Waals surface area (Å²) in [5.74, 6) is 0. The van der Waals surface area contributed by atoms with E-state index in [9.17, 15) is 10.1 Å². The maximum absolute atomic E-state index is 10.5. The number of nitro benzene ring substituents is 1. The maximum Gasteiger partial charge on any atom is 1.00 e. The van der Waals surface area contributed by atoms with Gasteiger partial charge >= 0.3 is 1330 Å². The SMILES string of the molecule is CCC[CH2][Sn]([CH2]CCC)([CH2]CCC)[c]1ccc(-c2ccc(N(C)C)cc2)cc1.CCO.Cc1ccc(-c2ccc(N(C)C)cc2)cc1.Cc1ccc(-c2ccc(N)cc2)cc1.Cc1ccc(-c2ccc([N+](=O)[O-])cc2)cc1.[B].[C-]#N.[Cl][Sn][Cl].[I][V][I].[I][V][I].[I][V][I].[I][V][I].[I][V][I].[I][V][I].[I][V][I].[I][V][I].[I][V][I].[I][V][I].[I][V][I].[I][V][I].[I][V][I].[I][V][I].[I][V][I].[I][V][I].[I][V][I].[I][V][I].[I][V][I].[I][V][I].[I][V][I].[I][V][I].[Na+]. The van der Waals surface area contributed by atoms with Gasteiger partial charge < -0.3 is 27.6 Å². The van der Waals surface area contributed by atoms with E-state index in [1.807, 2.05) is 55.5 Å². The minimum Gasteiger partial charge on any atom is 1.00 e. The predicted molar refractivity (Wildman–Crippen MR) is 984 cm³/mol. The Morgan fingerprint density at radius 1 is 0.300 bits per heavy atom. The van der Waals surface area contributed by atoms with Gasteiger partial charge in [0.2, 0.25) is 0 Å². The van der Waals surface area contributed by atoms with Gasteiger partial charge in [0.05, 0.1) is 4.92 Å². The van der Waals surface area contributed by atoms with Crippen LogP contribution in [0.1, 0.15) is 82.9 Å². The number of benzene rings is 8. The third-order valence-electron chi connectivity index (χ3n) is 13.8. The number of aliphatic hydroxyl groups is 1. The number of unbranched alkanes of at least 4 members (excludes halogenated alkanes) is 3. The number of nitrogen functional groups attached to an aromatic ring is 1. The first-order valence-corrected chi connectivity index (χ1v) is 249. The summed E-state index contributed by atoms with van der Waals surface area (Å²) >= 11 is 101. The monoisotopic (exact) mass is 8090 g/mol. The molecule has 0 spiro atoms. The molecule has 5 radical (unpaired) electrons. The molecule has 0 bridgehead atoms. The zero-order chi connectivity index (χ0) is 120. The van der Waals surface area contributed by atoms with Gasteiger partial charge in [0.1, 0.15) is 0 Å². The van der Waals surface area contributed by atoms with E-state index in [2.05, 4.69) is 1070 Å². The molecule has 0 atom stereocenters. The van der Waals surface area contributed by atoms with Crippen molar-refractivity contribution in [3.8, 4) is 44.5 Å². The van der Waals surface area contributed by atoms with E-state index in [-0.39, 0.29) is 55.2 Å². The first-order valence-electron chi connectivity index (χ1n) is 35.7. The molecule has 8 rings (SSSR count). The van der Waals surface area contributed by atoms with Crippen LogP contribution in [0.2, 0.25) is 13.3 Å². The number of nitro groups is 1. The first-order chi connectivity index (χ1) is 70.6. The fourth-order valence-electron chi connectivity index (χ4n) is 8.96. The van der Waals surface area contributed by atoms with Crippen LogP contribution in [0.15, 0.2) is 194 Å². The molecule has 80 heteroatoms. The number of nitrogens with zero attached hydrogens (tertiary/aromatic N) is 4.